The molecule has 6 nitrogen and oxygen atoms in total. The highest BCUT2D eigenvalue weighted by Gasteiger charge is 2.25. The summed E-state index contributed by atoms with van der Waals surface area (Å²) in [5.41, 5.74) is 3.81. The van der Waals surface area contributed by atoms with E-state index >= 15 is 0 Å². The van der Waals surface area contributed by atoms with Crippen LogP contribution in [0.5, 0.6) is 0 Å². The van der Waals surface area contributed by atoms with Crippen molar-refractivity contribution in [2.24, 2.45) is 0 Å². The molecule has 0 atom stereocenters. The zero-order valence-corrected chi connectivity index (χ0v) is 19.4. The Labute approximate surface area is 202 Å². The van der Waals surface area contributed by atoms with E-state index in [1.165, 1.54) is 5.56 Å². The molecule has 0 spiro atoms. The second kappa shape index (κ2) is 9.33. The van der Waals surface area contributed by atoms with Gasteiger partial charge >= 0.3 is 6.03 Å². The number of para-hydroxylation sites is 2. The molecule has 0 aliphatic carbocycles. The fourth-order valence-corrected chi connectivity index (χ4v) is 4.46. The fourth-order valence-electron chi connectivity index (χ4n) is 4.12. The van der Waals surface area contributed by atoms with Crippen molar-refractivity contribution in [3.8, 4) is 0 Å². The van der Waals surface area contributed by atoms with Crippen LogP contribution >= 0.6 is 23.2 Å². The number of hydrogen-bond acceptors (Lipinski definition) is 3. The average Bonchev–Trinajstić information content (AvgIpc) is 3.20. The second-order valence-electron chi connectivity index (χ2n) is 8.00. The van der Waals surface area contributed by atoms with E-state index in [9.17, 15) is 4.79 Å². The Hall–Kier alpha value is -3.22. The first-order valence-corrected chi connectivity index (χ1v) is 11.6. The summed E-state index contributed by atoms with van der Waals surface area (Å²) in [7, 11) is 0. The molecule has 1 fully saturated rings. The van der Waals surface area contributed by atoms with E-state index in [2.05, 4.69) is 45.1 Å². The molecule has 1 saturated heterocycles. The maximum atomic E-state index is 12.8. The summed E-state index contributed by atoms with van der Waals surface area (Å²) in [6, 6.07) is 23.4. The van der Waals surface area contributed by atoms with Crippen LogP contribution in [0.25, 0.3) is 11.0 Å². The number of nitrogens with one attached hydrogen (secondary N) is 1. The SMILES string of the molecule is O=C(Nc1cc(Cl)ccc1Cl)N1CCN(c2nc3ccccc3n2Cc2ccccc2)CC1. The summed E-state index contributed by atoms with van der Waals surface area (Å²) in [6.07, 6.45) is 0. The van der Waals surface area contributed by atoms with Gasteiger partial charge in [0.1, 0.15) is 0 Å². The van der Waals surface area contributed by atoms with Gasteiger partial charge in [-0.05, 0) is 35.9 Å². The molecular weight excluding hydrogens is 457 g/mol. The molecule has 3 aromatic carbocycles. The summed E-state index contributed by atoms with van der Waals surface area (Å²) in [4.78, 5) is 21.8. The summed E-state index contributed by atoms with van der Waals surface area (Å²) in [5, 5.41) is 3.86. The Kier molecular flexibility index (Phi) is 6.11. The second-order valence-corrected chi connectivity index (χ2v) is 8.84. The number of nitrogens with zero attached hydrogens (tertiary/aromatic N) is 4. The average molecular weight is 480 g/mol. The van der Waals surface area contributed by atoms with Crippen molar-refractivity contribution >= 4 is 51.9 Å². The Balaban J connectivity index is 1.32. The van der Waals surface area contributed by atoms with E-state index in [0.717, 1.165) is 23.5 Å². The first-order valence-electron chi connectivity index (χ1n) is 10.8. The van der Waals surface area contributed by atoms with Crippen LogP contribution in [-0.4, -0.2) is 46.7 Å². The van der Waals surface area contributed by atoms with Gasteiger partial charge in [0.2, 0.25) is 5.95 Å². The van der Waals surface area contributed by atoms with Gasteiger partial charge in [-0.25, -0.2) is 9.78 Å². The number of piperazine rings is 1. The van der Waals surface area contributed by atoms with Gasteiger partial charge in [-0.1, -0.05) is 65.7 Å². The van der Waals surface area contributed by atoms with Gasteiger partial charge in [-0.15, -0.1) is 0 Å². The number of amides is 2. The Morgan fingerprint density at radius 3 is 2.42 bits per heavy atom. The van der Waals surface area contributed by atoms with Gasteiger partial charge in [0, 0.05) is 31.2 Å². The standard InChI is InChI=1S/C25H23Cl2N5O/c26-19-10-11-20(27)22(16-19)29-25(33)31-14-12-30(13-15-31)24-28-21-8-4-5-9-23(21)32(24)17-18-6-2-1-3-7-18/h1-11,16H,12-15,17H2,(H,29,33). The Bertz CT molecular complexity index is 1280. The van der Waals surface area contributed by atoms with Crippen LogP contribution in [0.1, 0.15) is 5.56 Å². The summed E-state index contributed by atoms with van der Waals surface area (Å²) >= 11 is 12.2. The highest BCUT2D eigenvalue weighted by atomic mass is 35.5. The van der Waals surface area contributed by atoms with Crippen molar-refractivity contribution in [2.75, 3.05) is 36.4 Å². The summed E-state index contributed by atoms with van der Waals surface area (Å²) < 4.78 is 2.26. The van der Waals surface area contributed by atoms with Crippen molar-refractivity contribution in [3.63, 3.8) is 0 Å². The molecule has 2 amide bonds. The number of carbonyl (C=O) groups is 1. The number of rotatable bonds is 4. The topological polar surface area (TPSA) is 53.4 Å². The molecule has 168 valence electrons. The van der Waals surface area contributed by atoms with Crippen molar-refractivity contribution in [1.29, 1.82) is 0 Å². The van der Waals surface area contributed by atoms with Crippen LogP contribution in [0.4, 0.5) is 16.4 Å². The lowest BCUT2D eigenvalue weighted by atomic mass is 10.2. The van der Waals surface area contributed by atoms with Gasteiger partial charge in [0.25, 0.3) is 0 Å². The number of anilines is 2. The van der Waals surface area contributed by atoms with E-state index in [1.54, 1.807) is 23.1 Å². The summed E-state index contributed by atoms with van der Waals surface area (Å²) in [6.45, 7) is 3.28. The molecule has 2 heterocycles. The predicted octanol–water partition coefficient (Wildman–Crippen LogP) is 5.75. The van der Waals surface area contributed by atoms with Gasteiger partial charge in [0.15, 0.2) is 0 Å². The van der Waals surface area contributed by atoms with Crippen LogP contribution in [0.3, 0.4) is 0 Å². The first kappa shape index (κ1) is 21.6. The molecule has 0 radical (unpaired) electrons. The molecule has 1 aliphatic heterocycles. The van der Waals surface area contributed by atoms with Crippen LogP contribution in [-0.2, 0) is 6.54 Å². The minimum Gasteiger partial charge on any atom is -0.339 e. The van der Waals surface area contributed by atoms with Crippen molar-refractivity contribution in [1.82, 2.24) is 14.5 Å². The molecule has 1 N–H and O–H groups in total. The molecule has 0 saturated carbocycles. The molecule has 5 rings (SSSR count). The smallest absolute Gasteiger partial charge is 0.322 e. The molecule has 1 aliphatic rings. The molecule has 1 aromatic heterocycles. The normalized spacial score (nSPS) is 14.0. The van der Waals surface area contributed by atoms with Crippen molar-refractivity contribution in [3.05, 3.63) is 88.4 Å². The van der Waals surface area contributed by atoms with Crippen molar-refractivity contribution < 1.29 is 4.79 Å². The van der Waals surface area contributed by atoms with Gasteiger partial charge < -0.3 is 19.7 Å². The molecule has 8 heteroatoms. The maximum Gasteiger partial charge on any atom is 0.322 e. The molecular formula is C25H23Cl2N5O. The number of aromatic nitrogens is 2. The van der Waals surface area contributed by atoms with Crippen molar-refractivity contribution in [2.45, 2.75) is 6.54 Å². The summed E-state index contributed by atoms with van der Waals surface area (Å²) in [5.74, 6) is 0.929. The van der Waals surface area contributed by atoms with E-state index < -0.39 is 0 Å². The third-order valence-corrected chi connectivity index (χ3v) is 6.40. The van der Waals surface area contributed by atoms with Gasteiger partial charge in [0.05, 0.1) is 28.3 Å². The third kappa shape index (κ3) is 4.63. The highest BCUT2D eigenvalue weighted by molar-refractivity contribution is 6.35. The van der Waals surface area contributed by atoms with E-state index in [4.69, 9.17) is 28.2 Å². The van der Waals surface area contributed by atoms with E-state index in [1.807, 2.05) is 24.3 Å². The quantitative estimate of drug-likeness (QED) is 0.405. The minimum atomic E-state index is -0.184. The predicted molar refractivity (Wildman–Crippen MR) is 135 cm³/mol. The van der Waals surface area contributed by atoms with Crippen LogP contribution in [0.15, 0.2) is 72.8 Å². The third-order valence-electron chi connectivity index (χ3n) is 5.84. The zero-order chi connectivity index (χ0) is 22.8. The van der Waals surface area contributed by atoms with E-state index in [0.29, 0.717) is 41.9 Å². The van der Waals surface area contributed by atoms with E-state index in [-0.39, 0.29) is 6.03 Å². The minimum absolute atomic E-state index is 0.184. The number of hydrogen-bond donors (Lipinski definition) is 1. The number of fused-ring (bicyclic) bond motifs is 1. The fraction of sp³-hybridized carbons (Fsp3) is 0.200. The lowest BCUT2D eigenvalue weighted by Gasteiger charge is -2.35. The molecule has 33 heavy (non-hydrogen) atoms. The van der Waals surface area contributed by atoms with Gasteiger partial charge in [-0.2, -0.15) is 0 Å². The molecule has 0 bridgehead atoms. The first-order chi connectivity index (χ1) is 16.1. The number of carbonyl (C=O) groups excluding carboxylic acids is 1. The van der Waals surface area contributed by atoms with Crippen LogP contribution < -0.4 is 10.2 Å². The zero-order valence-electron chi connectivity index (χ0n) is 17.9. The number of imidazole rings is 1. The largest absolute Gasteiger partial charge is 0.339 e. The maximum absolute atomic E-state index is 12.8. The van der Waals surface area contributed by atoms with Crippen LogP contribution in [0, 0.1) is 0 Å². The van der Waals surface area contributed by atoms with Gasteiger partial charge in [-0.3, -0.25) is 0 Å². The monoisotopic (exact) mass is 479 g/mol. The Morgan fingerprint density at radius 1 is 0.909 bits per heavy atom. The van der Waals surface area contributed by atoms with Crippen LogP contribution in [0.2, 0.25) is 10.0 Å². The Morgan fingerprint density at radius 2 is 1.64 bits per heavy atom. The molecule has 0 unspecified atom stereocenters. The highest BCUT2D eigenvalue weighted by Crippen LogP contribution is 2.27. The number of urea groups is 1. The number of halogens is 2. The number of benzene rings is 3. The molecule has 4 aromatic rings. The lowest BCUT2D eigenvalue weighted by Crippen LogP contribution is -2.50. The lowest BCUT2D eigenvalue weighted by molar-refractivity contribution is 0.208.